The van der Waals surface area contributed by atoms with E-state index in [2.05, 4.69) is 39.7 Å². The van der Waals surface area contributed by atoms with Crippen molar-refractivity contribution in [2.45, 2.75) is 20.3 Å². The highest BCUT2D eigenvalue weighted by Gasteiger charge is 2.11. The second-order valence-corrected chi connectivity index (χ2v) is 4.78. The fourth-order valence-electron chi connectivity index (χ4n) is 1.35. The number of halogens is 1. The van der Waals surface area contributed by atoms with Gasteiger partial charge in [-0.25, -0.2) is 4.98 Å². The quantitative estimate of drug-likeness (QED) is 0.835. The van der Waals surface area contributed by atoms with E-state index in [-0.39, 0.29) is 0 Å². The van der Waals surface area contributed by atoms with Gasteiger partial charge in [0.25, 0.3) is 0 Å². The van der Waals surface area contributed by atoms with Gasteiger partial charge in [-0.1, -0.05) is 20.3 Å². The summed E-state index contributed by atoms with van der Waals surface area (Å²) in [5, 5.41) is 0. The first-order valence-corrected chi connectivity index (χ1v) is 6.15. The summed E-state index contributed by atoms with van der Waals surface area (Å²) in [6.07, 6.45) is 2.87. The Balaban J connectivity index is 2.79. The maximum atomic E-state index is 5.14. The van der Waals surface area contributed by atoms with Gasteiger partial charge >= 0.3 is 0 Å². The van der Waals surface area contributed by atoms with Crippen molar-refractivity contribution in [2.24, 2.45) is 5.92 Å². The van der Waals surface area contributed by atoms with E-state index in [0.717, 1.165) is 17.4 Å². The number of hydrogen-bond acceptors (Lipinski definition) is 4. The lowest BCUT2D eigenvalue weighted by Gasteiger charge is -2.20. The maximum Gasteiger partial charge on any atom is 0.232 e. The second-order valence-electron chi connectivity index (χ2n) is 3.92. The van der Waals surface area contributed by atoms with Crippen molar-refractivity contribution in [3.8, 4) is 5.88 Å². The maximum absolute atomic E-state index is 5.14. The van der Waals surface area contributed by atoms with Crippen LogP contribution in [0.1, 0.15) is 20.3 Å². The van der Waals surface area contributed by atoms with E-state index in [1.807, 2.05) is 11.9 Å². The molecule has 1 aromatic rings. The van der Waals surface area contributed by atoms with Crippen molar-refractivity contribution in [2.75, 3.05) is 25.6 Å². The van der Waals surface area contributed by atoms with Crippen LogP contribution in [0.4, 0.5) is 5.95 Å². The number of anilines is 1. The molecule has 90 valence electrons. The second kappa shape index (κ2) is 6.03. The predicted octanol–water partition coefficient (Wildman–Crippen LogP) is 2.73. The van der Waals surface area contributed by atoms with Gasteiger partial charge < -0.3 is 9.64 Å². The first-order valence-electron chi connectivity index (χ1n) is 5.36. The summed E-state index contributed by atoms with van der Waals surface area (Å²) in [5.41, 5.74) is 0. The monoisotopic (exact) mass is 287 g/mol. The smallest absolute Gasteiger partial charge is 0.232 e. The van der Waals surface area contributed by atoms with Gasteiger partial charge in [-0.3, -0.25) is 0 Å². The molecule has 0 fully saturated rings. The van der Waals surface area contributed by atoms with Crippen molar-refractivity contribution in [3.05, 3.63) is 10.7 Å². The summed E-state index contributed by atoms with van der Waals surface area (Å²) < 4.78 is 5.92. The van der Waals surface area contributed by atoms with Crippen LogP contribution in [0.5, 0.6) is 5.88 Å². The fourth-order valence-corrected chi connectivity index (χ4v) is 1.70. The number of aromatic nitrogens is 2. The van der Waals surface area contributed by atoms with Crippen LogP contribution in [0.3, 0.4) is 0 Å². The summed E-state index contributed by atoms with van der Waals surface area (Å²) in [4.78, 5) is 10.6. The normalized spacial score (nSPS) is 12.3. The third-order valence-corrected chi connectivity index (χ3v) is 3.06. The van der Waals surface area contributed by atoms with Gasteiger partial charge in [0.15, 0.2) is 0 Å². The Morgan fingerprint density at radius 3 is 2.81 bits per heavy atom. The lowest BCUT2D eigenvalue weighted by Crippen LogP contribution is -2.25. The average molecular weight is 288 g/mol. The molecule has 0 aliphatic heterocycles. The predicted molar refractivity (Wildman–Crippen MR) is 69.0 cm³/mol. The molecule has 1 unspecified atom stereocenters. The summed E-state index contributed by atoms with van der Waals surface area (Å²) in [5.74, 6) is 1.89. The van der Waals surface area contributed by atoms with Gasteiger partial charge in [0.2, 0.25) is 11.8 Å². The molecule has 0 spiro atoms. The van der Waals surface area contributed by atoms with Crippen LogP contribution in [0.25, 0.3) is 0 Å². The minimum atomic E-state index is 0.570. The minimum Gasteiger partial charge on any atom is -0.480 e. The first-order chi connectivity index (χ1) is 7.58. The third-order valence-electron chi connectivity index (χ3n) is 2.52. The molecular weight excluding hydrogens is 270 g/mol. The van der Waals surface area contributed by atoms with Crippen LogP contribution < -0.4 is 9.64 Å². The van der Waals surface area contributed by atoms with Gasteiger partial charge in [0.05, 0.1) is 17.8 Å². The number of rotatable bonds is 5. The zero-order valence-corrected chi connectivity index (χ0v) is 11.8. The van der Waals surface area contributed by atoms with Crippen molar-refractivity contribution in [3.63, 3.8) is 0 Å². The highest BCUT2D eigenvalue weighted by atomic mass is 79.9. The van der Waals surface area contributed by atoms with Gasteiger partial charge in [-0.05, 0) is 21.8 Å². The summed E-state index contributed by atoms with van der Waals surface area (Å²) in [6, 6.07) is 0. The van der Waals surface area contributed by atoms with Gasteiger partial charge in [0, 0.05) is 13.6 Å². The van der Waals surface area contributed by atoms with E-state index < -0.39 is 0 Å². The Bertz CT molecular complexity index is 346. The molecule has 5 heteroatoms. The molecule has 4 nitrogen and oxygen atoms in total. The molecule has 1 atom stereocenters. The fraction of sp³-hybridized carbons (Fsp3) is 0.636. The van der Waals surface area contributed by atoms with Gasteiger partial charge in [0.1, 0.15) is 0 Å². The third kappa shape index (κ3) is 3.33. The van der Waals surface area contributed by atoms with E-state index in [1.54, 1.807) is 13.3 Å². The lowest BCUT2D eigenvalue weighted by molar-refractivity contribution is 0.393. The summed E-state index contributed by atoms with van der Waals surface area (Å²) in [6.45, 7) is 5.34. The number of hydrogen-bond donors (Lipinski definition) is 0. The van der Waals surface area contributed by atoms with E-state index in [1.165, 1.54) is 0 Å². The molecule has 0 saturated heterocycles. The molecule has 0 bridgehead atoms. The highest BCUT2D eigenvalue weighted by molar-refractivity contribution is 9.10. The lowest BCUT2D eigenvalue weighted by atomic mass is 10.1. The van der Waals surface area contributed by atoms with E-state index in [9.17, 15) is 0 Å². The summed E-state index contributed by atoms with van der Waals surface area (Å²) >= 11 is 3.34. The van der Waals surface area contributed by atoms with Crippen LogP contribution in [0.2, 0.25) is 0 Å². The molecular formula is C11H18BrN3O. The van der Waals surface area contributed by atoms with Crippen LogP contribution in [-0.4, -0.2) is 30.7 Å². The number of methoxy groups -OCH3 is 1. The molecule has 0 aliphatic carbocycles. The average Bonchev–Trinajstić information content (AvgIpc) is 2.29. The molecule has 0 aromatic carbocycles. The molecule has 1 rings (SSSR count). The van der Waals surface area contributed by atoms with Crippen LogP contribution >= 0.6 is 15.9 Å². The highest BCUT2D eigenvalue weighted by Crippen LogP contribution is 2.23. The molecule has 0 radical (unpaired) electrons. The van der Waals surface area contributed by atoms with Gasteiger partial charge in [-0.2, -0.15) is 4.98 Å². The standard InChI is InChI=1S/C11H18BrN3O/c1-5-8(2)7-15(3)11-13-6-9(12)10(14-11)16-4/h6,8H,5,7H2,1-4H3. The SMILES string of the molecule is CCC(C)CN(C)c1ncc(Br)c(OC)n1. The van der Waals surface area contributed by atoms with Crippen LogP contribution in [0.15, 0.2) is 10.7 Å². The van der Waals surface area contributed by atoms with E-state index in [0.29, 0.717) is 17.7 Å². The molecule has 1 heterocycles. The molecule has 16 heavy (non-hydrogen) atoms. The minimum absolute atomic E-state index is 0.570. The van der Waals surface area contributed by atoms with Crippen molar-refractivity contribution < 1.29 is 4.74 Å². The number of ether oxygens (including phenoxy) is 1. The Morgan fingerprint density at radius 1 is 1.56 bits per heavy atom. The molecule has 0 amide bonds. The topological polar surface area (TPSA) is 38.2 Å². The molecule has 0 aliphatic rings. The Labute approximate surface area is 105 Å². The zero-order valence-electron chi connectivity index (χ0n) is 10.2. The van der Waals surface area contributed by atoms with E-state index >= 15 is 0 Å². The first kappa shape index (κ1) is 13.2. The zero-order chi connectivity index (χ0) is 12.1. The van der Waals surface area contributed by atoms with Crippen LogP contribution in [-0.2, 0) is 0 Å². The van der Waals surface area contributed by atoms with Crippen molar-refractivity contribution >= 4 is 21.9 Å². The largest absolute Gasteiger partial charge is 0.480 e. The molecule has 0 saturated carbocycles. The van der Waals surface area contributed by atoms with Crippen LogP contribution in [0, 0.1) is 5.92 Å². The molecule has 0 N–H and O–H groups in total. The molecule has 1 aromatic heterocycles. The van der Waals surface area contributed by atoms with Gasteiger partial charge in [-0.15, -0.1) is 0 Å². The Kier molecular flexibility index (Phi) is 4.99. The Hall–Kier alpha value is -0.840. The van der Waals surface area contributed by atoms with Crippen molar-refractivity contribution in [1.82, 2.24) is 9.97 Å². The van der Waals surface area contributed by atoms with E-state index in [4.69, 9.17) is 4.74 Å². The van der Waals surface area contributed by atoms with Crippen molar-refractivity contribution in [1.29, 1.82) is 0 Å². The summed E-state index contributed by atoms with van der Waals surface area (Å²) in [7, 11) is 3.60. The Morgan fingerprint density at radius 2 is 2.25 bits per heavy atom. The number of nitrogens with zero attached hydrogens (tertiary/aromatic N) is 3.